The molecule has 1 fully saturated rings. The maximum Gasteiger partial charge on any atom is 0.252 e. The van der Waals surface area contributed by atoms with Gasteiger partial charge in [0.1, 0.15) is 5.76 Å². The highest BCUT2D eigenvalue weighted by Crippen LogP contribution is 2.47. The van der Waals surface area contributed by atoms with Crippen molar-refractivity contribution in [2.24, 2.45) is 5.73 Å². The van der Waals surface area contributed by atoms with Crippen LogP contribution in [0.5, 0.6) is 0 Å². The first kappa shape index (κ1) is 10.4. The topological polar surface area (TPSA) is 39.2 Å². The molecular weight excluding hydrogens is 200 g/mol. The van der Waals surface area contributed by atoms with Crippen molar-refractivity contribution < 1.29 is 13.2 Å². The van der Waals surface area contributed by atoms with E-state index < -0.39 is 11.5 Å². The third-order valence-corrected chi connectivity index (χ3v) is 2.84. The molecule has 0 atom stereocenters. The van der Waals surface area contributed by atoms with E-state index in [-0.39, 0.29) is 12.8 Å². The van der Waals surface area contributed by atoms with Gasteiger partial charge in [0, 0.05) is 18.4 Å². The van der Waals surface area contributed by atoms with E-state index in [1.807, 2.05) is 0 Å². The largest absolute Gasteiger partial charge is 0.465 e. The molecule has 0 spiro atoms. The van der Waals surface area contributed by atoms with E-state index in [1.165, 1.54) is 6.26 Å². The number of hydrogen-bond donors (Lipinski definition) is 1. The average Bonchev–Trinajstić information content (AvgIpc) is 2.52. The molecule has 1 aliphatic carbocycles. The van der Waals surface area contributed by atoms with Crippen molar-refractivity contribution in [3.05, 3.63) is 29.7 Å². The first-order valence-corrected chi connectivity index (χ1v) is 4.80. The third-order valence-electron chi connectivity index (χ3n) is 2.84. The van der Waals surface area contributed by atoms with Crippen LogP contribution < -0.4 is 5.73 Å². The van der Waals surface area contributed by atoms with Crippen LogP contribution in [-0.2, 0) is 0 Å². The van der Waals surface area contributed by atoms with Gasteiger partial charge < -0.3 is 10.2 Å². The van der Waals surface area contributed by atoms with Gasteiger partial charge in [-0.2, -0.15) is 0 Å². The van der Waals surface area contributed by atoms with Crippen LogP contribution in [0.4, 0.5) is 8.78 Å². The van der Waals surface area contributed by atoms with E-state index in [9.17, 15) is 8.78 Å². The summed E-state index contributed by atoms with van der Waals surface area (Å²) in [6.45, 7) is 1.76. The Morgan fingerprint density at radius 3 is 2.67 bits per heavy atom. The number of halogens is 2. The van der Waals surface area contributed by atoms with Crippen molar-refractivity contribution in [2.75, 3.05) is 0 Å². The molecule has 0 saturated heterocycles. The number of nitrogens with two attached hydrogens (primary N) is 1. The Morgan fingerprint density at radius 1 is 1.53 bits per heavy atom. The van der Waals surface area contributed by atoms with Crippen molar-refractivity contribution in [1.82, 2.24) is 0 Å². The van der Waals surface area contributed by atoms with Gasteiger partial charge in [-0.1, -0.05) is 0 Å². The maximum absolute atomic E-state index is 12.7. The second-order valence-electron chi connectivity index (χ2n) is 4.21. The van der Waals surface area contributed by atoms with Gasteiger partial charge in [-0.05, 0) is 30.7 Å². The van der Waals surface area contributed by atoms with Gasteiger partial charge in [0.15, 0.2) is 0 Å². The monoisotopic (exact) mass is 213 g/mol. The minimum absolute atomic E-state index is 0.275. The molecule has 0 aromatic carbocycles. The Kier molecular flexibility index (Phi) is 2.19. The van der Waals surface area contributed by atoms with Gasteiger partial charge in [0.05, 0.1) is 6.26 Å². The fraction of sp³-hybridized carbons (Fsp3) is 0.455. The smallest absolute Gasteiger partial charge is 0.252 e. The van der Waals surface area contributed by atoms with Crippen LogP contribution in [0, 0.1) is 0 Å². The normalized spacial score (nSPS) is 23.6. The minimum Gasteiger partial charge on any atom is -0.465 e. The van der Waals surface area contributed by atoms with E-state index in [0.717, 1.165) is 5.57 Å². The van der Waals surface area contributed by atoms with E-state index in [1.54, 1.807) is 25.1 Å². The summed E-state index contributed by atoms with van der Waals surface area (Å²) < 4.78 is 30.6. The molecule has 15 heavy (non-hydrogen) atoms. The molecule has 1 aromatic rings. The summed E-state index contributed by atoms with van der Waals surface area (Å²) in [5.74, 6) is -1.96. The van der Waals surface area contributed by atoms with E-state index in [0.29, 0.717) is 5.76 Å². The van der Waals surface area contributed by atoms with Crippen molar-refractivity contribution in [1.29, 1.82) is 0 Å². The molecule has 0 bridgehead atoms. The molecule has 1 aliphatic rings. The molecule has 82 valence electrons. The van der Waals surface area contributed by atoms with Crippen LogP contribution in [-0.4, -0.2) is 11.5 Å². The van der Waals surface area contributed by atoms with Crippen LogP contribution in [0.15, 0.2) is 28.4 Å². The summed E-state index contributed by atoms with van der Waals surface area (Å²) in [4.78, 5) is 0. The van der Waals surface area contributed by atoms with Crippen LogP contribution in [0.3, 0.4) is 0 Å². The fourth-order valence-corrected chi connectivity index (χ4v) is 1.88. The van der Waals surface area contributed by atoms with Crippen LogP contribution in [0.2, 0.25) is 0 Å². The number of alkyl halides is 2. The Morgan fingerprint density at radius 2 is 2.20 bits per heavy atom. The Labute approximate surface area is 86.8 Å². The van der Waals surface area contributed by atoms with Gasteiger partial charge in [0.2, 0.25) is 0 Å². The van der Waals surface area contributed by atoms with Gasteiger partial charge >= 0.3 is 0 Å². The Balaban J connectivity index is 2.13. The molecule has 2 nitrogen and oxygen atoms in total. The summed E-state index contributed by atoms with van der Waals surface area (Å²) >= 11 is 0. The summed E-state index contributed by atoms with van der Waals surface area (Å²) in [6.07, 6.45) is 2.71. The van der Waals surface area contributed by atoms with Crippen molar-refractivity contribution in [3.63, 3.8) is 0 Å². The molecule has 0 radical (unpaired) electrons. The second-order valence-corrected chi connectivity index (χ2v) is 4.21. The zero-order chi connectivity index (χ0) is 11.1. The molecule has 1 aromatic heterocycles. The zero-order valence-electron chi connectivity index (χ0n) is 8.47. The van der Waals surface area contributed by atoms with E-state index in [4.69, 9.17) is 10.2 Å². The molecule has 4 heteroatoms. The lowest BCUT2D eigenvalue weighted by Crippen LogP contribution is -2.58. The quantitative estimate of drug-likeness (QED) is 0.820. The predicted octanol–water partition coefficient (Wildman–Crippen LogP) is 2.81. The zero-order valence-corrected chi connectivity index (χ0v) is 8.47. The van der Waals surface area contributed by atoms with Gasteiger partial charge in [-0.15, -0.1) is 0 Å². The summed E-state index contributed by atoms with van der Waals surface area (Å²) in [5.41, 5.74) is 5.72. The standard InChI is InChI=1S/C11H13F2NO/c1-8(5-9-3-2-4-15-9)10(14)6-11(12,13)7-10/h2-5H,6-7,14H2,1H3/b8-5+. The van der Waals surface area contributed by atoms with Crippen molar-refractivity contribution in [2.45, 2.75) is 31.2 Å². The number of hydrogen-bond acceptors (Lipinski definition) is 2. The van der Waals surface area contributed by atoms with Crippen molar-refractivity contribution >= 4 is 6.08 Å². The molecule has 0 aliphatic heterocycles. The summed E-state index contributed by atoms with van der Waals surface area (Å²) in [6, 6.07) is 3.52. The van der Waals surface area contributed by atoms with E-state index in [2.05, 4.69) is 0 Å². The lowest BCUT2D eigenvalue weighted by molar-refractivity contribution is -0.110. The molecule has 1 saturated carbocycles. The highest BCUT2D eigenvalue weighted by Gasteiger charge is 2.55. The fourth-order valence-electron chi connectivity index (χ4n) is 1.88. The van der Waals surface area contributed by atoms with Crippen molar-refractivity contribution in [3.8, 4) is 0 Å². The summed E-state index contributed by atoms with van der Waals surface area (Å²) in [5, 5.41) is 0. The number of rotatable bonds is 2. The Hall–Kier alpha value is -1.16. The summed E-state index contributed by atoms with van der Waals surface area (Å²) in [7, 11) is 0. The SMILES string of the molecule is C/C(=C\c1ccco1)C1(N)CC(F)(F)C1. The highest BCUT2D eigenvalue weighted by molar-refractivity contribution is 5.51. The average molecular weight is 213 g/mol. The van der Waals surface area contributed by atoms with Gasteiger partial charge in [0.25, 0.3) is 5.92 Å². The molecule has 0 unspecified atom stereocenters. The highest BCUT2D eigenvalue weighted by atomic mass is 19.3. The molecule has 0 amide bonds. The third kappa shape index (κ3) is 1.95. The molecule has 2 rings (SSSR count). The lowest BCUT2D eigenvalue weighted by Gasteiger charge is -2.45. The molecule has 1 heterocycles. The first-order chi connectivity index (χ1) is 6.91. The van der Waals surface area contributed by atoms with Crippen LogP contribution >= 0.6 is 0 Å². The van der Waals surface area contributed by atoms with E-state index >= 15 is 0 Å². The number of furan rings is 1. The molecular formula is C11H13F2NO. The molecule has 2 N–H and O–H groups in total. The second kappa shape index (κ2) is 3.17. The first-order valence-electron chi connectivity index (χ1n) is 4.80. The van der Waals surface area contributed by atoms with Crippen LogP contribution in [0.25, 0.3) is 6.08 Å². The van der Waals surface area contributed by atoms with Crippen LogP contribution in [0.1, 0.15) is 25.5 Å². The Bertz CT molecular complexity index is 373. The maximum atomic E-state index is 12.7. The lowest BCUT2D eigenvalue weighted by atomic mass is 9.69. The van der Waals surface area contributed by atoms with Gasteiger partial charge in [-0.3, -0.25) is 0 Å². The minimum atomic E-state index is -2.60. The predicted molar refractivity (Wildman–Crippen MR) is 53.5 cm³/mol. The van der Waals surface area contributed by atoms with Gasteiger partial charge in [-0.25, -0.2) is 8.78 Å².